The Morgan fingerprint density at radius 2 is 1.82 bits per heavy atom. The van der Waals surface area contributed by atoms with Gasteiger partial charge < -0.3 is 9.80 Å². The normalized spacial score (nSPS) is 20.1. The number of hydrogen-bond acceptors (Lipinski definition) is 6. The Bertz CT molecular complexity index is 1320. The topological polar surface area (TPSA) is 104 Å². The van der Waals surface area contributed by atoms with Gasteiger partial charge in [0.05, 0.1) is 40.3 Å². The highest BCUT2D eigenvalue weighted by atomic mass is 32.2. The largest absolute Gasteiger partial charge is 0.365 e. The Labute approximate surface area is 197 Å². The van der Waals surface area contributed by atoms with Crippen molar-refractivity contribution >= 4 is 21.4 Å². The highest BCUT2D eigenvalue weighted by Crippen LogP contribution is 2.32. The van der Waals surface area contributed by atoms with Crippen molar-refractivity contribution in [3.63, 3.8) is 0 Å². The molecule has 1 atom stereocenters. The molecule has 1 unspecified atom stereocenters. The van der Waals surface area contributed by atoms with E-state index < -0.39 is 9.84 Å². The molecule has 0 bridgehead atoms. The molecule has 4 heterocycles. The first-order valence-corrected chi connectivity index (χ1v) is 13.2. The van der Waals surface area contributed by atoms with Crippen LogP contribution in [-0.4, -0.2) is 76.9 Å². The average molecular weight is 487 g/mol. The second kappa shape index (κ2) is 8.53. The zero-order valence-corrected chi connectivity index (χ0v) is 20.0. The van der Waals surface area contributed by atoms with Gasteiger partial charge in [0.15, 0.2) is 9.84 Å². The molecule has 3 aromatic rings. The van der Waals surface area contributed by atoms with Crippen LogP contribution in [0.1, 0.15) is 34.3 Å². The molecular formula is C23H27FN6O3S. The molecule has 11 heteroatoms. The number of benzene rings is 1. The Kier molecular flexibility index (Phi) is 5.67. The fourth-order valence-corrected chi connectivity index (χ4v) is 6.63. The van der Waals surface area contributed by atoms with E-state index in [1.165, 1.54) is 12.1 Å². The molecule has 34 heavy (non-hydrogen) atoms. The number of sulfone groups is 1. The van der Waals surface area contributed by atoms with Crippen molar-refractivity contribution in [1.29, 1.82) is 0 Å². The monoisotopic (exact) mass is 486 g/mol. The Balaban J connectivity index is 1.26. The van der Waals surface area contributed by atoms with Crippen molar-refractivity contribution in [1.82, 2.24) is 24.9 Å². The lowest BCUT2D eigenvalue weighted by Crippen LogP contribution is -2.49. The zero-order chi connectivity index (χ0) is 24.0. The number of aromatic nitrogens is 4. The number of hydrogen-bond donors (Lipinski definition) is 1. The van der Waals surface area contributed by atoms with Gasteiger partial charge in [-0.2, -0.15) is 10.2 Å². The average Bonchev–Trinajstić information content (AvgIpc) is 3.51. The highest BCUT2D eigenvalue weighted by molar-refractivity contribution is 7.91. The number of aryl methyl sites for hydroxylation is 1. The Hall–Kier alpha value is -3.21. The smallest absolute Gasteiger partial charge is 0.272 e. The molecule has 180 valence electrons. The van der Waals surface area contributed by atoms with Gasteiger partial charge in [-0.25, -0.2) is 12.8 Å². The summed E-state index contributed by atoms with van der Waals surface area (Å²) in [6, 6.07) is 7.56. The van der Waals surface area contributed by atoms with Crippen LogP contribution in [0.25, 0.3) is 11.3 Å². The molecule has 2 saturated heterocycles. The first-order valence-electron chi connectivity index (χ1n) is 11.3. The van der Waals surface area contributed by atoms with E-state index in [0.717, 1.165) is 22.6 Å². The summed E-state index contributed by atoms with van der Waals surface area (Å²) in [5, 5.41) is 11.7. The van der Waals surface area contributed by atoms with Crippen LogP contribution in [-0.2, 0) is 9.84 Å². The van der Waals surface area contributed by atoms with Crippen molar-refractivity contribution < 1.29 is 17.6 Å². The van der Waals surface area contributed by atoms with Crippen molar-refractivity contribution in [3.8, 4) is 11.3 Å². The number of carbonyl (C=O) groups is 1. The number of H-pyrrole nitrogens is 1. The van der Waals surface area contributed by atoms with Gasteiger partial charge in [0.1, 0.15) is 11.5 Å². The van der Waals surface area contributed by atoms with Gasteiger partial charge in [-0.05, 0) is 50.6 Å². The molecule has 1 amide bonds. The number of aromatic amines is 1. The fourth-order valence-electron chi connectivity index (χ4n) is 4.94. The van der Waals surface area contributed by atoms with Gasteiger partial charge in [0.2, 0.25) is 0 Å². The summed E-state index contributed by atoms with van der Waals surface area (Å²) < 4.78 is 38.9. The minimum Gasteiger partial charge on any atom is -0.365 e. The Morgan fingerprint density at radius 3 is 2.47 bits per heavy atom. The van der Waals surface area contributed by atoms with E-state index in [1.54, 1.807) is 23.1 Å². The molecule has 9 nitrogen and oxygen atoms in total. The van der Waals surface area contributed by atoms with Gasteiger partial charge in [0, 0.05) is 31.7 Å². The number of nitrogens with zero attached hydrogens (tertiary/aromatic N) is 5. The van der Waals surface area contributed by atoms with E-state index >= 15 is 0 Å². The molecule has 2 aromatic heterocycles. The zero-order valence-electron chi connectivity index (χ0n) is 19.2. The SMILES string of the molecule is Cc1nn(C2CCS(=O)(=O)C2)c(C)c1N1CCN(C(=O)c2cc(-c3ccc(F)cc3)n[nH]2)CC1. The molecule has 1 N–H and O–H groups in total. The standard InChI is InChI=1S/C23H27FN6O3S/c1-15-22(16(2)30(27-15)19-7-12-34(32,33)14-19)28-8-10-29(11-9-28)23(31)21-13-20(25-26-21)17-3-5-18(24)6-4-17/h3-6,13,19H,7-12,14H2,1-2H3,(H,25,26). The van der Waals surface area contributed by atoms with Crippen molar-refractivity contribution in [2.75, 3.05) is 42.6 Å². The molecule has 1 aromatic carbocycles. The van der Waals surface area contributed by atoms with E-state index in [1.807, 2.05) is 18.5 Å². The molecule has 0 spiro atoms. The van der Waals surface area contributed by atoms with Crippen LogP contribution in [0, 0.1) is 19.7 Å². The molecular weight excluding hydrogens is 459 g/mol. The molecule has 2 fully saturated rings. The maximum Gasteiger partial charge on any atom is 0.272 e. The van der Waals surface area contributed by atoms with Crippen LogP contribution in [0.2, 0.25) is 0 Å². The summed E-state index contributed by atoms with van der Waals surface area (Å²) in [6.07, 6.45) is 0.593. The third kappa shape index (κ3) is 4.20. The summed E-state index contributed by atoms with van der Waals surface area (Å²) >= 11 is 0. The van der Waals surface area contributed by atoms with Crippen molar-refractivity contribution in [2.45, 2.75) is 26.3 Å². The summed E-state index contributed by atoms with van der Waals surface area (Å²) in [6.45, 7) is 6.33. The first-order chi connectivity index (χ1) is 16.2. The summed E-state index contributed by atoms with van der Waals surface area (Å²) in [5.74, 6) is -0.0952. The lowest BCUT2D eigenvalue weighted by Gasteiger charge is -2.36. The molecule has 5 rings (SSSR count). The number of amides is 1. The molecule has 2 aliphatic rings. The molecule has 0 radical (unpaired) electrons. The van der Waals surface area contributed by atoms with E-state index in [4.69, 9.17) is 0 Å². The molecule has 0 saturated carbocycles. The Morgan fingerprint density at radius 1 is 1.12 bits per heavy atom. The highest BCUT2D eigenvalue weighted by Gasteiger charge is 2.33. The first kappa shape index (κ1) is 22.6. The maximum absolute atomic E-state index is 13.2. The predicted octanol–water partition coefficient (Wildman–Crippen LogP) is 2.35. The number of halogens is 1. The predicted molar refractivity (Wildman–Crippen MR) is 126 cm³/mol. The third-order valence-corrected chi connectivity index (χ3v) is 8.42. The second-order valence-electron chi connectivity index (χ2n) is 8.97. The van der Waals surface area contributed by atoms with Crippen molar-refractivity contribution in [3.05, 3.63) is 53.2 Å². The summed E-state index contributed by atoms with van der Waals surface area (Å²) in [5.41, 5.74) is 4.59. The lowest BCUT2D eigenvalue weighted by molar-refractivity contribution is 0.0741. The van der Waals surface area contributed by atoms with E-state index in [2.05, 4.69) is 20.2 Å². The van der Waals surface area contributed by atoms with Gasteiger partial charge >= 0.3 is 0 Å². The minimum atomic E-state index is -2.99. The number of rotatable bonds is 4. The fraction of sp³-hybridized carbons (Fsp3) is 0.435. The number of anilines is 1. The van der Waals surface area contributed by atoms with Gasteiger partial charge in [-0.15, -0.1) is 0 Å². The summed E-state index contributed by atoms with van der Waals surface area (Å²) in [4.78, 5) is 17.0. The van der Waals surface area contributed by atoms with Gasteiger partial charge in [0.25, 0.3) is 5.91 Å². The number of piperazine rings is 1. The van der Waals surface area contributed by atoms with Gasteiger partial charge in [-0.1, -0.05) is 0 Å². The van der Waals surface area contributed by atoms with Crippen LogP contribution in [0.4, 0.5) is 10.1 Å². The van der Waals surface area contributed by atoms with Crippen molar-refractivity contribution in [2.24, 2.45) is 0 Å². The molecule has 2 aliphatic heterocycles. The second-order valence-corrected chi connectivity index (χ2v) is 11.2. The van der Waals surface area contributed by atoms with Crippen LogP contribution in [0.15, 0.2) is 30.3 Å². The van der Waals surface area contributed by atoms with Crippen LogP contribution >= 0.6 is 0 Å². The summed E-state index contributed by atoms with van der Waals surface area (Å²) in [7, 11) is -2.99. The number of carbonyl (C=O) groups excluding carboxylic acids is 1. The van der Waals surface area contributed by atoms with E-state index in [0.29, 0.717) is 44.0 Å². The molecule has 0 aliphatic carbocycles. The lowest BCUT2D eigenvalue weighted by atomic mass is 10.1. The maximum atomic E-state index is 13.2. The minimum absolute atomic E-state index is 0.115. The van der Waals surface area contributed by atoms with E-state index in [9.17, 15) is 17.6 Å². The third-order valence-electron chi connectivity index (χ3n) is 6.67. The van der Waals surface area contributed by atoms with Crippen LogP contribution < -0.4 is 4.90 Å². The van der Waals surface area contributed by atoms with Crippen LogP contribution in [0.5, 0.6) is 0 Å². The quantitative estimate of drug-likeness (QED) is 0.607. The van der Waals surface area contributed by atoms with Gasteiger partial charge in [-0.3, -0.25) is 14.6 Å². The van der Waals surface area contributed by atoms with E-state index in [-0.39, 0.29) is 29.3 Å². The van der Waals surface area contributed by atoms with Crippen LogP contribution in [0.3, 0.4) is 0 Å². The number of nitrogens with one attached hydrogen (secondary N) is 1.